The third-order valence-electron chi connectivity index (χ3n) is 2.12. The van der Waals surface area contributed by atoms with Crippen LogP contribution in [0.1, 0.15) is 12.5 Å². The number of aliphatic hydroxyl groups is 1. The van der Waals surface area contributed by atoms with Crippen LogP contribution in [0.4, 0.5) is 5.69 Å². The summed E-state index contributed by atoms with van der Waals surface area (Å²) in [4.78, 5) is 10.4. The van der Waals surface area contributed by atoms with E-state index in [1.165, 1.54) is 0 Å². The van der Waals surface area contributed by atoms with Crippen molar-refractivity contribution in [2.24, 2.45) is 5.92 Å². The topological polar surface area (TPSA) is 63.4 Å². The number of hydrogen-bond donors (Lipinski definition) is 1. The molecule has 0 amide bonds. The average molecular weight is 321 g/mol. The smallest absolute Gasteiger partial charge is 0.273 e. The zero-order chi connectivity index (χ0) is 11.4. The molecule has 0 radical (unpaired) electrons. The molecule has 0 aliphatic rings. The molecule has 0 heterocycles. The highest BCUT2D eigenvalue weighted by atomic mass is 127. The van der Waals surface area contributed by atoms with Gasteiger partial charge in [0.05, 0.1) is 4.92 Å². The van der Waals surface area contributed by atoms with Crippen LogP contribution in [0.15, 0.2) is 18.2 Å². The Balaban J connectivity index is 3.01. The van der Waals surface area contributed by atoms with Crippen molar-refractivity contribution >= 4 is 28.3 Å². The first-order valence-corrected chi connectivity index (χ1v) is 5.66. The second kappa shape index (κ2) is 5.41. The summed E-state index contributed by atoms with van der Waals surface area (Å²) >= 11 is 2.04. The van der Waals surface area contributed by atoms with Gasteiger partial charge in [-0.05, 0) is 41.0 Å². The van der Waals surface area contributed by atoms with Gasteiger partial charge in [0.25, 0.3) is 5.69 Å². The van der Waals surface area contributed by atoms with Crippen molar-refractivity contribution in [1.29, 1.82) is 0 Å². The summed E-state index contributed by atoms with van der Waals surface area (Å²) in [5.74, 6) is 0.0451. The summed E-state index contributed by atoms with van der Waals surface area (Å²) in [6.45, 7) is 1.91. The van der Waals surface area contributed by atoms with Gasteiger partial charge in [0.1, 0.15) is 0 Å². The van der Waals surface area contributed by atoms with E-state index in [4.69, 9.17) is 5.11 Å². The second-order valence-electron chi connectivity index (χ2n) is 3.52. The summed E-state index contributed by atoms with van der Waals surface area (Å²) in [6, 6.07) is 5.15. The Hall–Kier alpha value is -0.690. The van der Waals surface area contributed by atoms with E-state index in [-0.39, 0.29) is 23.1 Å². The van der Waals surface area contributed by atoms with Gasteiger partial charge in [0.15, 0.2) is 0 Å². The molecule has 0 saturated heterocycles. The van der Waals surface area contributed by atoms with Gasteiger partial charge in [-0.15, -0.1) is 0 Å². The summed E-state index contributed by atoms with van der Waals surface area (Å²) in [7, 11) is 0. The number of aliphatic hydroxyl groups excluding tert-OH is 1. The van der Waals surface area contributed by atoms with Crippen LogP contribution < -0.4 is 0 Å². The molecule has 0 fully saturated rings. The Morgan fingerprint density at radius 2 is 2.27 bits per heavy atom. The summed E-state index contributed by atoms with van der Waals surface area (Å²) in [6.07, 6.45) is 0.531. The predicted octanol–water partition coefficient (Wildman–Crippen LogP) is 2.37. The monoisotopic (exact) mass is 321 g/mol. The average Bonchev–Trinajstić information content (AvgIpc) is 2.20. The number of rotatable bonds is 4. The third-order valence-corrected chi connectivity index (χ3v) is 2.80. The molecule has 0 spiro atoms. The van der Waals surface area contributed by atoms with Gasteiger partial charge >= 0.3 is 0 Å². The van der Waals surface area contributed by atoms with E-state index in [9.17, 15) is 10.1 Å². The first-order valence-electron chi connectivity index (χ1n) is 4.58. The molecular weight excluding hydrogens is 309 g/mol. The molecule has 82 valence electrons. The van der Waals surface area contributed by atoms with Crippen LogP contribution in [0.2, 0.25) is 0 Å². The second-order valence-corrected chi connectivity index (χ2v) is 4.77. The van der Waals surface area contributed by atoms with Gasteiger partial charge in [-0.3, -0.25) is 10.1 Å². The Kier molecular flexibility index (Phi) is 4.46. The van der Waals surface area contributed by atoms with E-state index in [0.717, 1.165) is 3.57 Å². The lowest BCUT2D eigenvalue weighted by molar-refractivity contribution is -0.385. The van der Waals surface area contributed by atoms with E-state index in [1.807, 2.05) is 35.6 Å². The summed E-state index contributed by atoms with van der Waals surface area (Å²) in [5.41, 5.74) is 0.823. The number of benzene rings is 1. The van der Waals surface area contributed by atoms with Gasteiger partial charge in [-0.25, -0.2) is 0 Å². The largest absolute Gasteiger partial charge is 0.396 e. The maximum absolute atomic E-state index is 10.8. The van der Waals surface area contributed by atoms with Crippen molar-refractivity contribution in [1.82, 2.24) is 0 Å². The third kappa shape index (κ3) is 3.42. The number of nitro benzene ring substituents is 1. The highest BCUT2D eigenvalue weighted by molar-refractivity contribution is 14.1. The van der Waals surface area contributed by atoms with E-state index in [1.54, 1.807) is 12.1 Å². The highest BCUT2D eigenvalue weighted by Crippen LogP contribution is 2.23. The van der Waals surface area contributed by atoms with E-state index < -0.39 is 0 Å². The molecule has 15 heavy (non-hydrogen) atoms. The fourth-order valence-electron chi connectivity index (χ4n) is 1.32. The minimum absolute atomic E-state index is 0.0448. The van der Waals surface area contributed by atoms with E-state index >= 15 is 0 Å². The van der Waals surface area contributed by atoms with Crippen LogP contribution in [0.3, 0.4) is 0 Å². The van der Waals surface area contributed by atoms with Crippen molar-refractivity contribution in [3.05, 3.63) is 37.4 Å². The first kappa shape index (κ1) is 12.4. The predicted molar refractivity (Wildman–Crippen MR) is 65.8 cm³/mol. The molecule has 0 saturated carbocycles. The number of hydrogen-bond acceptors (Lipinski definition) is 3. The van der Waals surface area contributed by atoms with Crippen LogP contribution in [0.5, 0.6) is 0 Å². The van der Waals surface area contributed by atoms with E-state index in [2.05, 4.69) is 0 Å². The van der Waals surface area contributed by atoms with Crippen molar-refractivity contribution < 1.29 is 10.0 Å². The number of halogens is 1. The van der Waals surface area contributed by atoms with Crippen LogP contribution in [0, 0.1) is 19.6 Å². The van der Waals surface area contributed by atoms with Crippen molar-refractivity contribution in [2.75, 3.05) is 6.61 Å². The normalized spacial score (nSPS) is 12.5. The summed E-state index contributed by atoms with van der Waals surface area (Å²) in [5, 5.41) is 19.7. The molecular formula is C10H12INO3. The van der Waals surface area contributed by atoms with Crippen LogP contribution >= 0.6 is 22.6 Å². The van der Waals surface area contributed by atoms with Crippen LogP contribution in [-0.4, -0.2) is 16.6 Å². The number of nitrogens with zero attached hydrogens (tertiary/aromatic N) is 1. The molecule has 0 aromatic heterocycles. The summed E-state index contributed by atoms with van der Waals surface area (Å²) < 4.78 is 0.847. The fraction of sp³-hybridized carbons (Fsp3) is 0.400. The lowest BCUT2D eigenvalue weighted by Gasteiger charge is -2.08. The van der Waals surface area contributed by atoms with Crippen molar-refractivity contribution in [2.45, 2.75) is 13.3 Å². The molecule has 0 bridgehead atoms. The molecule has 1 aromatic rings. The fourth-order valence-corrected chi connectivity index (χ4v) is 1.79. The number of nitro groups is 1. The maximum Gasteiger partial charge on any atom is 0.273 e. The quantitative estimate of drug-likeness (QED) is 0.526. The van der Waals surface area contributed by atoms with Gasteiger partial charge in [0, 0.05) is 21.8 Å². The highest BCUT2D eigenvalue weighted by Gasteiger charge is 2.15. The van der Waals surface area contributed by atoms with E-state index in [0.29, 0.717) is 12.0 Å². The van der Waals surface area contributed by atoms with Gasteiger partial charge in [-0.1, -0.05) is 13.0 Å². The minimum Gasteiger partial charge on any atom is -0.396 e. The van der Waals surface area contributed by atoms with Crippen molar-refractivity contribution in [3.63, 3.8) is 0 Å². The van der Waals surface area contributed by atoms with Crippen LogP contribution in [0.25, 0.3) is 0 Å². The zero-order valence-corrected chi connectivity index (χ0v) is 10.5. The standard InChI is InChI=1S/C10H12INO3/c1-7(6-13)4-8-2-3-9(11)5-10(8)12(14)15/h2-3,5,7,13H,4,6H2,1H3. The SMILES string of the molecule is CC(CO)Cc1ccc(I)cc1[N+](=O)[O-]. The lowest BCUT2D eigenvalue weighted by Crippen LogP contribution is -2.06. The van der Waals surface area contributed by atoms with Crippen LogP contribution in [-0.2, 0) is 6.42 Å². The Morgan fingerprint density at radius 3 is 2.80 bits per heavy atom. The molecule has 5 heteroatoms. The molecule has 1 aromatic carbocycles. The Bertz CT molecular complexity index is 368. The molecule has 4 nitrogen and oxygen atoms in total. The Morgan fingerprint density at radius 1 is 1.60 bits per heavy atom. The molecule has 1 unspecified atom stereocenters. The molecule has 0 aliphatic carbocycles. The molecule has 1 N–H and O–H groups in total. The molecule has 1 rings (SSSR count). The van der Waals surface area contributed by atoms with Crippen molar-refractivity contribution in [3.8, 4) is 0 Å². The minimum atomic E-state index is -0.373. The van der Waals surface area contributed by atoms with Gasteiger partial charge in [0.2, 0.25) is 0 Å². The first-order chi connectivity index (χ1) is 7.04. The zero-order valence-electron chi connectivity index (χ0n) is 8.31. The van der Waals surface area contributed by atoms with Gasteiger partial charge in [-0.2, -0.15) is 0 Å². The molecule has 0 aliphatic heterocycles. The maximum atomic E-state index is 10.8. The Labute approximate surface area is 102 Å². The van der Waals surface area contributed by atoms with Gasteiger partial charge < -0.3 is 5.11 Å². The molecule has 1 atom stereocenters. The lowest BCUT2D eigenvalue weighted by atomic mass is 10.0.